The molecule has 2 saturated heterocycles. The lowest BCUT2D eigenvalue weighted by molar-refractivity contribution is 0.0658. The van der Waals surface area contributed by atoms with E-state index in [1.54, 1.807) is 42.9 Å². The smallest absolute Gasteiger partial charge is 0.438 e. The summed E-state index contributed by atoms with van der Waals surface area (Å²) in [4.78, 5) is 69.7. The fraction of sp³-hybridized carbons (Fsp3) is 0.404. The topological polar surface area (TPSA) is 161 Å². The summed E-state index contributed by atoms with van der Waals surface area (Å²) in [7, 11) is 1.59. The van der Waals surface area contributed by atoms with E-state index in [-0.39, 0.29) is 54.7 Å². The maximum absolute atomic E-state index is 15.3. The standard InChI is InChI=1S/C47H49FN8O7/c1-26-19-34(20-27(2)39(26)48)55-41(57)36-11-14-53(29(4)40(36)49-44(55)54-16-15-52(46(54)60)25-30-7-6-8-35(21-30)61-5)42(58)38-23-33-22-32(31-12-17-62-18-13-31)9-10-37(33)56(38)47(24-28(47)3)43-50-45(59)63-51-43/h6-10,19-23,28-29,31H,11-18,24-25H2,1-5H3,(H,50,51,59)/t28-,29+,47-/m0/s1. The molecular formula is C47H49FN8O7. The van der Waals surface area contributed by atoms with Crippen LogP contribution < -0.4 is 21.0 Å². The Morgan fingerprint density at radius 2 is 1.75 bits per heavy atom. The Balaban J connectivity index is 1.07. The van der Waals surface area contributed by atoms with Crippen molar-refractivity contribution in [3.05, 3.63) is 132 Å². The van der Waals surface area contributed by atoms with Crippen molar-refractivity contribution in [2.24, 2.45) is 5.92 Å². The first-order chi connectivity index (χ1) is 30.4. The van der Waals surface area contributed by atoms with E-state index in [0.29, 0.717) is 84.0 Å². The van der Waals surface area contributed by atoms with Gasteiger partial charge in [0, 0.05) is 55.9 Å². The molecule has 3 aromatic carbocycles. The molecule has 3 atom stereocenters. The largest absolute Gasteiger partial charge is 0.497 e. The van der Waals surface area contributed by atoms with E-state index in [1.807, 2.05) is 41.8 Å². The highest BCUT2D eigenvalue weighted by molar-refractivity contribution is 6.00. The van der Waals surface area contributed by atoms with Crippen LogP contribution in [0.25, 0.3) is 16.6 Å². The molecule has 4 aliphatic rings. The highest BCUT2D eigenvalue weighted by atomic mass is 19.1. The summed E-state index contributed by atoms with van der Waals surface area (Å²) in [5.41, 5.74) is 3.97. The fourth-order valence-corrected chi connectivity index (χ4v) is 10.2. The molecule has 3 fully saturated rings. The highest BCUT2D eigenvalue weighted by Gasteiger charge is 2.59. The van der Waals surface area contributed by atoms with Crippen molar-refractivity contribution in [1.82, 2.24) is 34.1 Å². The Morgan fingerprint density at radius 1 is 0.984 bits per heavy atom. The van der Waals surface area contributed by atoms with Crippen molar-refractivity contribution in [2.45, 2.75) is 77.4 Å². The Bertz CT molecular complexity index is 2920. The number of H-pyrrole nitrogens is 1. The Morgan fingerprint density at radius 3 is 2.44 bits per heavy atom. The van der Waals surface area contributed by atoms with Crippen LogP contribution in [-0.2, 0) is 23.2 Å². The quantitative estimate of drug-likeness (QED) is 0.171. The van der Waals surface area contributed by atoms with Crippen molar-refractivity contribution in [2.75, 3.05) is 44.9 Å². The number of fused-ring (bicyclic) bond motifs is 2. The number of urea groups is 1. The number of halogens is 1. The van der Waals surface area contributed by atoms with Crippen LogP contribution in [0.1, 0.15) is 94.9 Å². The molecule has 3 aromatic heterocycles. The minimum atomic E-state index is -0.840. The molecule has 3 aliphatic heterocycles. The van der Waals surface area contributed by atoms with E-state index >= 15 is 9.18 Å². The summed E-state index contributed by atoms with van der Waals surface area (Å²) < 4.78 is 34.5. The van der Waals surface area contributed by atoms with E-state index in [1.165, 1.54) is 15.0 Å². The van der Waals surface area contributed by atoms with Gasteiger partial charge in [0.2, 0.25) is 5.95 Å². The number of aryl methyl sites for hydroxylation is 2. The number of hydrogen-bond donors (Lipinski definition) is 1. The van der Waals surface area contributed by atoms with Crippen LogP contribution in [0.15, 0.2) is 74.8 Å². The van der Waals surface area contributed by atoms with E-state index in [9.17, 15) is 14.4 Å². The second kappa shape index (κ2) is 15.4. The maximum atomic E-state index is 15.3. The van der Waals surface area contributed by atoms with Crippen LogP contribution in [0.5, 0.6) is 5.75 Å². The van der Waals surface area contributed by atoms with Crippen LogP contribution in [-0.4, -0.2) is 86.0 Å². The van der Waals surface area contributed by atoms with Gasteiger partial charge in [-0.05, 0) is 123 Å². The highest BCUT2D eigenvalue weighted by Crippen LogP contribution is 2.56. The molecule has 6 aromatic rings. The number of aromatic nitrogens is 5. The lowest BCUT2D eigenvalue weighted by atomic mass is 9.91. The average Bonchev–Trinajstić information content (AvgIpc) is 3.58. The molecule has 3 amide bonds. The average molecular weight is 857 g/mol. The first-order valence-corrected chi connectivity index (χ1v) is 21.6. The number of anilines is 1. The number of benzene rings is 3. The minimum absolute atomic E-state index is 0.0120. The zero-order chi connectivity index (χ0) is 43.9. The summed E-state index contributed by atoms with van der Waals surface area (Å²) in [6.07, 6.45) is 2.62. The second-order valence-electron chi connectivity index (χ2n) is 17.5. The zero-order valence-electron chi connectivity index (χ0n) is 35.9. The molecule has 1 aliphatic carbocycles. The molecule has 6 heterocycles. The number of aromatic amines is 1. The van der Waals surface area contributed by atoms with Crippen molar-refractivity contribution in [3.8, 4) is 11.4 Å². The second-order valence-corrected chi connectivity index (χ2v) is 17.5. The lowest BCUT2D eigenvalue weighted by Crippen LogP contribution is -2.45. The van der Waals surface area contributed by atoms with Crippen molar-refractivity contribution in [3.63, 3.8) is 0 Å². The number of rotatable bonds is 9. The molecule has 63 heavy (non-hydrogen) atoms. The first kappa shape index (κ1) is 40.5. The van der Waals surface area contributed by atoms with Gasteiger partial charge in [-0.2, -0.15) is 0 Å². The van der Waals surface area contributed by atoms with Gasteiger partial charge < -0.3 is 23.8 Å². The van der Waals surface area contributed by atoms with Crippen LogP contribution in [0.4, 0.5) is 15.1 Å². The number of ether oxygens (including phenoxy) is 2. The summed E-state index contributed by atoms with van der Waals surface area (Å²) in [5, 5.41) is 5.03. The van der Waals surface area contributed by atoms with E-state index in [4.69, 9.17) is 19.0 Å². The number of nitrogens with one attached hydrogen (secondary N) is 1. The summed E-state index contributed by atoms with van der Waals surface area (Å²) in [5.74, 6) is 0.135. The predicted molar refractivity (Wildman–Crippen MR) is 231 cm³/mol. The van der Waals surface area contributed by atoms with Crippen LogP contribution >= 0.6 is 0 Å². The third-order valence-corrected chi connectivity index (χ3v) is 13.7. The van der Waals surface area contributed by atoms with Gasteiger partial charge in [-0.1, -0.05) is 30.3 Å². The molecular weight excluding hydrogens is 808 g/mol. The van der Waals surface area contributed by atoms with Gasteiger partial charge in [0.15, 0.2) is 5.82 Å². The van der Waals surface area contributed by atoms with Gasteiger partial charge in [0.1, 0.15) is 22.8 Å². The number of amides is 3. The Hall–Kier alpha value is -6.55. The number of carbonyl (C=O) groups is 2. The van der Waals surface area contributed by atoms with Gasteiger partial charge in [-0.15, -0.1) is 0 Å². The minimum Gasteiger partial charge on any atom is -0.497 e. The molecule has 0 spiro atoms. The zero-order valence-corrected chi connectivity index (χ0v) is 35.9. The molecule has 16 heteroatoms. The SMILES string of the molecule is COc1cccc(CN2CCN(c3nc4c(c(=O)n3-c3cc(C)c(F)c(C)c3)CCN(C(=O)c3cc5cc(C6CCOCC6)ccc5n3[C@@]3(c5noc(=O)[nH]5)C[C@@H]3C)[C@@H]4C)C2=O)c1. The predicted octanol–water partition coefficient (Wildman–Crippen LogP) is 6.51. The van der Waals surface area contributed by atoms with E-state index in [2.05, 4.69) is 35.3 Å². The Kier molecular flexibility index (Phi) is 9.88. The lowest BCUT2D eigenvalue weighted by Gasteiger charge is -2.36. The maximum Gasteiger partial charge on any atom is 0.438 e. The normalized spacial score (nSPS) is 21.4. The molecule has 0 bridgehead atoms. The van der Waals surface area contributed by atoms with Crippen LogP contribution in [0.2, 0.25) is 0 Å². The number of hydrogen-bond acceptors (Lipinski definition) is 9. The summed E-state index contributed by atoms with van der Waals surface area (Å²) in [6.45, 7) is 9.70. The van der Waals surface area contributed by atoms with Crippen molar-refractivity contribution < 1.29 is 28.0 Å². The number of carbonyl (C=O) groups excluding carboxylic acids is 2. The first-order valence-electron chi connectivity index (χ1n) is 21.6. The number of methoxy groups -OCH3 is 1. The monoisotopic (exact) mass is 856 g/mol. The third-order valence-electron chi connectivity index (χ3n) is 13.7. The number of nitrogens with zero attached hydrogens (tertiary/aromatic N) is 7. The van der Waals surface area contributed by atoms with Gasteiger partial charge in [0.25, 0.3) is 11.5 Å². The Labute approximate surface area is 362 Å². The summed E-state index contributed by atoms with van der Waals surface area (Å²) in [6, 6.07) is 17.9. The molecule has 0 radical (unpaired) electrons. The third kappa shape index (κ3) is 6.64. The molecule has 15 nitrogen and oxygen atoms in total. The molecule has 0 unspecified atom stereocenters. The van der Waals surface area contributed by atoms with Gasteiger partial charge in [-0.25, -0.2) is 23.5 Å². The molecule has 326 valence electrons. The molecule has 10 rings (SSSR count). The molecule has 1 saturated carbocycles. The van der Waals surface area contributed by atoms with Gasteiger partial charge in [-0.3, -0.25) is 24.0 Å². The van der Waals surface area contributed by atoms with Crippen molar-refractivity contribution >= 4 is 28.8 Å². The van der Waals surface area contributed by atoms with Crippen LogP contribution in [0.3, 0.4) is 0 Å². The van der Waals surface area contributed by atoms with Crippen LogP contribution in [0, 0.1) is 25.6 Å². The van der Waals surface area contributed by atoms with E-state index in [0.717, 1.165) is 29.3 Å². The molecule has 1 N–H and O–H groups in total. The van der Waals surface area contributed by atoms with E-state index < -0.39 is 17.3 Å². The van der Waals surface area contributed by atoms with Gasteiger partial charge >= 0.3 is 11.8 Å². The van der Waals surface area contributed by atoms with Crippen molar-refractivity contribution in [1.29, 1.82) is 0 Å². The fourth-order valence-electron chi connectivity index (χ4n) is 10.2. The van der Waals surface area contributed by atoms with Gasteiger partial charge in [0.05, 0.1) is 24.5 Å². The summed E-state index contributed by atoms with van der Waals surface area (Å²) >= 11 is 0.